The summed E-state index contributed by atoms with van der Waals surface area (Å²) in [6.07, 6.45) is 6.45. The molecule has 1 aliphatic heterocycles. The fraction of sp³-hybridized carbons (Fsp3) is 0.591. The number of hydrogen-bond acceptors (Lipinski definition) is 5. The van der Waals surface area contributed by atoms with Crippen LogP contribution in [0.5, 0.6) is 0 Å². The van der Waals surface area contributed by atoms with Crippen molar-refractivity contribution in [3.63, 3.8) is 0 Å². The summed E-state index contributed by atoms with van der Waals surface area (Å²) in [6, 6.07) is 2.30. The lowest BCUT2D eigenvalue weighted by Crippen LogP contribution is -2.54. The third-order valence-electron chi connectivity index (χ3n) is 5.80. The van der Waals surface area contributed by atoms with Gasteiger partial charge in [-0.2, -0.15) is 0 Å². The van der Waals surface area contributed by atoms with E-state index in [1.807, 2.05) is 12.2 Å². The highest BCUT2D eigenvalue weighted by Crippen LogP contribution is 2.22. The largest absolute Gasteiger partial charge is 0.390 e. The van der Waals surface area contributed by atoms with Crippen molar-refractivity contribution < 1.29 is 23.4 Å². The van der Waals surface area contributed by atoms with Crippen LogP contribution in [0.15, 0.2) is 30.4 Å². The van der Waals surface area contributed by atoms with Gasteiger partial charge in [-0.3, -0.25) is 4.79 Å². The number of carbonyl (C=O) groups excluding carboxylic acids is 1. The number of nitrogens with one attached hydrogen (secondary N) is 3. The monoisotopic (exact) mass is 423 g/mol. The fourth-order valence-electron chi connectivity index (χ4n) is 4.10. The van der Waals surface area contributed by atoms with Gasteiger partial charge in [0.05, 0.1) is 30.9 Å². The van der Waals surface area contributed by atoms with Crippen molar-refractivity contribution in [2.45, 2.75) is 62.4 Å². The number of hydrogen-bond donors (Lipinski definition) is 4. The highest BCUT2D eigenvalue weighted by atomic mass is 19.1. The van der Waals surface area contributed by atoms with Crippen LogP contribution in [-0.4, -0.2) is 61.5 Å². The van der Waals surface area contributed by atoms with Crippen molar-refractivity contribution in [2.24, 2.45) is 0 Å². The molecule has 2 aliphatic rings. The number of aliphatic hydroxyl groups excluding tert-OH is 1. The molecule has 2 bridgehead atoms. The molecule has 166 valence electrons. The topological polar surface area (TPSA) is 82.6 Å². The van der Waals surface area contributed by atoms with E-state index in [9.17, 15) is 18.7 Å². The van der Waals surface area contributed by atoms with Gasteiger partial charge >= 0.3 is 0 Å². The van der Waals surface area contributed by atoms with E-state index in [-0.39, 0.29) is 31.0 Å². The van der Waals surface area contributed by atoms with Gasteiger partial charge in [0.1, 0.15) is 11.6 Å². The van der Waals surface area contributed by atoms with Crippen molar-refractivity contribution in [1.82, 2.24) is 16.0 Å². The minimum Gasteiger partial charge on any atom is -0.390 e. The van der Waals surface area contributed by atoms with E-state index >= 15 is 0 Å². The van der Waals surface area contributed by atoms with Gasteiger partial charge in [-0.15, -0.1) is 0 Å². The Labute approximate surface area is 176 Å². The van der Waals surface area contributed by atoms with Gasteiger partial charge in [-0.05, 0) is 56.8 Å². The lowest BCUT2D eigenvalue weighted by atomic mass is 9.99. The molecule has 5 atom stereocenters. The summed E-state index contributed by atoms with van der Waals surface area (Å²) in [5.74, 6) is -1.65. The molecule has 1 amide bonds. The summed E-state index contributed by atoms with van der Waals surface area (Å²) in [5.41, 5.74) is 0.380. The van der Waals surface area contributed by atoms with Crippen molar-refractivity contribution in [1.29, 1.82) is 0 Å². The zero-order chi connectivity index (χ0) is 21.5. The predicted octanol–water partition coefficient (Wildman–Crippen LogP) is 1.43. The summed E-state index contributed by atoms with van der Waals surface area (Å²) in [5, 5.41) is 20.0. The second kappa shape index (κ2) is 10.9. The number of likely N-dealkylation sites (N-methyl/N-ethyl adjacent to an activating group) is 1. The number of benzene rings is 1. The van der Waals surface area contributed by atoms with E-state index in [1.165, 1.54) is 12.1 Å². The van der Waals surface area contributed by atoms with Gasteiger partial charge in [-0.25, -0.2) is 8.78 Å². The van der Waals surface area contributed by atoms with Crippen molar-refractivity contribution in [3.8, 4) is 0 Å². The summed E-state index contributed by atoms with van der Waals surface area (Å²) in [4.78, 5) is 12.8. The Morgan fingerprint density at radius 2 is 1.97 bits per heavy atom. The highest BCUT2D eigenvalue weighted by molar-refractivity contribution is 5.82. The molecule has 0 radical (unpaired) electrons. The summed E-state index contributed by atoms with van der Waals surface area (Å²) in [6.45, 7) is 0.772. The average molecular weight is 424 g/mol. The van der Waals surface area contributed by atoms with Gasteiger partial charge < -0.3 is 25.8 Å². The Balaban J connectivity index is 1.77. The maximum Gasteiger partial charge on any atom is 0.237 e. The van der Waals surface area contributed by atoms with Crippen LogP contribution in [0.1, 0.15) is 31.2 Å². The molecule has 1 aromatic rings. The molecule has 0 unspecified atom stereocenters. The summed E-state index contributed by atoms with van der Waals surface area (Å²) < 4.78 is 33.1. The van der Waals surface area contributed by atoms with Crippen LogP contribution in [0.4, 0.5) is 8.78 Å². The van der Waals surface area contributed by atoms with Gasteiger partial charge in [0.25, 0.3) is 0 Å². The van der Waals surface area contributed by atoms with Crippen molar-refractivity contribution in [2.75, 3.05) is 20.2 Å². The van der Waals surface area contributed by atoms with Crippen LogP contribution >= 0.6 is 0 Å². The molecular formula is C22H31F2N3O3. The second-order valence-electron chi connectivity index (χ2n) is 8.09. The minimum absolute atomic E-state index is 0.117. The molecule has 30 heavy (non-hydrogen) atoms. The normalized spacial score (nSPS) is 31.1. The number of ether oxygens (including phenoxy) is 1. The van der Waals surface area contributed by atoms with Gasteiger partial charge in [0, 0.05) is 18.7 Å². The zero-order valence-electron chi connectivity index (χ0n) is 17.2. The molecule has 0 saturated heterocycles. The zero-order valence-corrected chi connectivity index (χ0v) is 17.2. The standard InChI is InChI=1S/C22H31F2N3O3/c1-25-19-4-2-3-7-30-18-6-5-17(12-18)26-13-21(28)20(27-22(19)29)10-14-8-15(23)11-16(24)9-14/h2-3,8-9,11,17-21,25-26,28H,4-7,10,12-13H2,1H3,(H,27,29)/t17-,18+,19+,20+,21-/m1/s1. The third-order valence-corrected chi connectivity index (χ3v) is 5.80. The van der Waals surface area contributed by atoms with Crippen LogP contribution < -0.4 is 16.0 Å². The summed E-state index contributed by atoms with van der Waals surface area (Å²) >= 11 is 0. The predicted molar refractivity (Wildman–Crippen MR) is 110 cm³/mol. The van der Waals surface area contributed by atoms with Gasteiger partial charge in [0.15, 0.2) is 0 Å². The molecule has 4 N–H and O–H groups in total. The molecule has 6 nitrogen and oxygen atoms in total. The number of amides is 1. The number of fused-ring (bicyclic) bond motifs is 2. The third kappa shape index (κ3) is 6.57. The average Bonchev–Trinajstić information content (AvgIpc) is 3.14. The number of rotatable bonds is 3. The Morgan fingerprint density at radius 1 is 1.20 bits per heavy atom. The molecule has 0 aromatic heterocycles. The van der Waals surface area contributed by atoms with Crippen LogP contribution in [0.25, 0.3) is 0 Å². The first-order valence-electron chi connectivity index (χ1n) is 10.5. The minimum atomic E-state index is -0.918. The quantitative estimate of drug-likeness (QED) is 0.553. The van der Waals surface area contributed by atoms with Gasteiger partial charge in [0.2, 0.25) is 5.91 Å². The van der Waals surface area contributed by atoms with Crippen LogP contribution in [0, 0.1) is 11.6 Å². The Morgan fingerprint density at radius 3 is 2.70 bits per heavy atom. The Hall–Kier alpha value is -1.87. The van der Waals surface area contributed by atoms with Crippen LogP contribution in [0.2, 0.25) is 0 Å². The molecule has 3 rings (SSSR count). The Bertz CT molecular complexity index is 726. The SMILES string of the molecule is CN[C@H]1CC=CCO[C@H]2CC[C@H](C2)NC[C@@H](O)[C@H](Cc2cc(F)cc(F)c2)NC1=O. The van der Waals surface area contributed by atoms with E-state index in [0.29, 0.717) is 18.6 Å². The van der Waals surface area contributed by atoms with E-state index < -0.39 is 29.8 Å². The van der Waals surface area contributed by atoms with Crippen LogP contribution in [0.3, 0.4) is 0 Å². The maximum absolute atomic E-state index is 13.6. The van der Waals surface area contributed by atoms with Crippen molar-refractivity contribution >= 4 is 5.91 Å². The summed E-state index contributed by atoms with van der Waals surface area (Å²) in [7, 11) is 1.69. The van der Waals surface area contributed by atoms with Crippen LogP contribution in [-0.2, 0) is 16.0 Å². The first kappa shape index (κ1) is 22.8. The van der Waals surface area contributed by atoms with Gasteiger partial charge in [-0.1, -0.05) is 12.2 Å². The number of halogens is 2. The smallest absolute Gasteiger partial charge is 0.237 e. The second-order valence-corrected chi connectivity index (χ2v) is 8.09. The number of carbonyl (C=O) groups is 1. The molecular weight excluding hydrogens is 392 g/mol. The lowest BCUT2D eigenvalue weighted by Gasteiger charge is -2.27. The number of aliphatic hydroxyl groups is 1. The highest BCUT2D eigenvalue weighted by Gasteiger charge is 2.29. The molecule has 1 saturated carbocycles. The first-order valence-corrected chi connectivity index (χ1v) is 10.5. The molecule has 1 aliphatic carbocycles. The van der Waals surface area contributed by atoms with E-state index in [1.54, 1.807) is 7.05 Å². The van der Waals surface area contributed by atoms with E-state index in [4.69, 9.17) is 4.74 Å². The molecule has 1 aromatic carbocycles. The lowest BCUT2D eigenvalue weighted by molar-refractivity contribution is -0.124. The Kier molecular flexibility index (Phi) is 8.32. The first-order chi connectivity index (χ1) is 14.4. The maximum atomic E-state index is 13.6. The molecule has 1 heterocycles. The van der Waals surface area contributed by atoms with Crippen molar-refractivity contribution in [3.05, 3.63) is 47.5 Å². The van der Waals surface area contributed by atoms with E-state index in [0.717, 1.165) is 25.3 Å². The number of β-amino-alcohol motifs (C(OH)–C–C–N with tert-alkyl or cyclic N) is 1. The molecule has 0 spiro atoms. The molecule has 8 heteroatoms. The molecule has 1 fully saturated rings. The fourth-order valence-corrected chi connectivity index (χ4v) is 4.10. The van der Waals surface area contributed by atoms with E-state index in [2.05, 4.69) is 16.0 Å².